The molecule has 0 saturated heterocycles. The second kappa shape index (κ2) is 3.99. The van der Waals surface area contributed by atoms with Crippen molar-refractivity contribution in [3.63, 3.8) is 0 Å². The van der Waals surface area contributed by atoms with Gasteiger partial charge in [0.15, 0.2) is 0 Å². The first-order chi connectivity index (χ1) is 8.63. The number of fused-ring (bicyclic) bond motifs is 1. The molecule has 0 radical (unpaired) electrons. The predicted octanol–water partition coefficient (Wildman–Crippen LogP) is 3.43. The van der Waals surface area contributed by atoms with Crippen LogP contribution in [0.4, 0.5) is 5.69 Å². The largest absolute Gasteiger partial charge is 0.418 e. The number of nitrogens with two attached hydrogens (primary N) is 1. The summed E-state index contributed by atoms with van der Waals surface area (Å²) in [5.41, 5.74) is 9.51. The third-order valence-electron chi connectivity index (χ3n) is 2.73. The van der Waals surface area contributed by atoms with E-state index in [4.69, 9.17) is 21.8 Å². The molecule has 0 aliphatic carbocycles. The van der Waals surface area contributed by atoms with Crippen LogP contribution in [0.1, 0.15) is 5.56 Å². The number of pyridine rings is 1. The lowest BCUT2D eigenvalue weighted by atomic mass is 10.1. The zero-order chi connectivity index (χ0) is 12.7. The van der Waals surface area contributed by atoms with E-state index in [1.807, 2.05) is 25.1 Å². The van der Waals surface area contributed by atoms with Crippen LogP contribution in [-0.4, -0.2) is 9.97 Å². The lowest BCUT2D eigenvalue weighted by molar-refractivity contribution is 0.608. The zero-order valence-corrected chi connectivity index (χ0v) is 10.4. The summed E-state index contributed by atoms with van der Waals surface area (Å²) < 4.78 is 5.58. The van der Waals surface area contributed by atoms with E-state index in [0.717, 1.165) is 16.8 Å². The number of aryl methyl sites for hydroxylation is 1. The Bertz CT molecular complexity index is 736. The van der Waals surface area contributed by atoms with Gasteiger partial charge in [0.05, 0.1) is 5.02 Å². The van der Waals surface area contributed by atoms with Crippen molar-refractivity contribution in [1.29, 1.82) is 0 Å². The molecule has 5 heteroatoms. The van der Waals surface area contributed by atoms with Gasteiger partial charge in [0.25, 0.3) is 0 Å². The van der Waals surface area contributed by atoms with Gasteiger partial charge in [-0.2, -0.15) is 0 Å². The normalized spacial score (nSPS) is 11.0. The summed E-state index contributed by atoms with van der Waals surface area (Å²) >= 11 is 5.86. The first-order valence-corrected chi connectivity index (χ1v) is 5.80. The minimum atomic E-state index is 0.476. The number of rotatable bonds is 1. The van der Waals surface area contributed by atoms with Crippen LogP contribution < -0.4 is 5.73 Å². The van der Waals surface area contributed by atoms with Crippen molar-refractivity contribution in [2.24, 2.45) is 0 Å². The Morgan fingerprint density at radius 1 is 1.28 bits per heavy atom. The number of hydrogen-bond donors (Lipinski definition) is 1. The number of hydrogen-bond acceptors (Lipinski definition) is 4. The van der Waals surface area contributed by atoms with Crippen LogP contribution in [0.15, 0.2) is 34.9 Å². The molecule has 0 spiro atoms. The Labute approximate surface area is 108 Å². The maximum absolute atomic E-state index is 5.86. The highest BCUT2D eigenvalue weighted by Crippen LogP contribution is 2.26. The van der Waals surface area contributed by atoms with Crippen molar-refractivity contribution in [2.45, 2.75) is 6.92 Å². The van der Waals surface area contributed by atoms with Crippen LogP contribution in [0.3, 0.4) is 0 Å². The highest BCUT2D eigenvalue weighted by molar-refractivity contribution is 6.30. The average Bonchev–Trinajstić information content (AvgIpc) is 2.75. The third-order valence-corrected chi connectivity index (χ3v) is 2.94. The first-order valence-electron chi connectivity index (χ1n) is 5.42. The number of benzene rings is 1. The van der Waals surface area contributed by atoms with Crippen molar-refractivity contribution in [1.82, 2.24) is 9.97 Å². The molecule has 3 rings (SSSR count). The van der Waals surface area contributed by atoms with Crippen LogP contribution >= 0.6 is 11.6 Å². The Hall–Kier alpha value is -2.07. The van der Waals surface area contributed by atoms with Gasteiger partial charge in [-0.15, -0.1) is 0 Å². The van der Waals surface area contributed by atoms with Gasteiger partial charge in [-0.25, -0.2) is 9.97 Å². The molecule has 0 aliphatic rings. The van der Waals surface area contributed by atoms with Crippen LogP contribution in [-0.2, 0) is 0 Å². The number of oxazole rings is 1. The standard InChI is InChI=1S/C13H10ClN3O/c1-7-4-8(2-3-10(7)15)12-17-11-5-9(14)6-16-13(11)18-12/h2-6H,15H2,1H3. The van der Waals surface area contributed by atoms with E-state index >= 15 is 0 Å². The molecule has 4 nitrogen and oxygen atoms in total. The maximum atomic E-state index is 5.86. The van der Waals surface area contributed by atoms with Crippen molar-refractivity contribution < 1.29 is 4.42 Å². The molecule has 0 fully saturated rings. The molecular weight excluding hydrogens is 250 g/mol. The number of nitrogen functional groups attached to an aromatic ring is 1. The maximum Gasteiger partial charge on any atom is 0.247 e. The van der Waals surface area contributed by atoms with E-state index in [2.05, 4.69) is 9.97 Å². The molecular formula is C13H10ClN3O. The summed E-state index contributed by atoms with van der Waals surface area (Å²) in [7, 11) is 0. The second-order valence-electron chi connectivity index (χ2n) is 4.07. The molecule has 1 aromatic carbocycles. The van der Waals surface area contributed by atoms with Crippen LogP contribution in [0, 0.1) is 6.92 Å². The molecule has 2 aromatic heterocycles. The number of aromatic nitrogens is 2. The highest BCUT2D eigenvalue weighted by atomic mass is 35.5. The lowest BCUT2D eigenvalue weighted by Gasteiger charge is -2.00. The Kier molecular flexibility index (Phi) is 2.45. The summed E-state index contributed by atoms with van der Waals surface area (Å²) in [5.74, 6) is 0.517. The summed E-state index contributed by atoms with van der Waals surface area (Å²) in [6, 6.07) is 7.36. The molecule has 0 bridgehead atoms. The summed E-state index contributed by atoms with van der Waals surface area (Å²) in [6.07, 6.45) is 1.53. The number of halogens is 1. The van der Waals surface area contributed by atoms with Gasteiger partial charge in [-0.3, -0.25) is 0 Å². The van der Waals surface area contributed by atoms with Gasteiger partial charge < -0.3 is 10.2 Å². The number of anilines is 1. The monoisotopic (exact) mass is 259 g/mol. The van der Waals surface area contributed by atoms with E-state index in [1.165, 1.54) is 6.20 Å². The highest BCUT2D eigenvalue weighted by Gasteiger charge is 2.10. The molecule has 18 heavy (non-hydrogen) atoms. The summed E-state index contributed by atoms with van der Waals surface area (Å²) in [6.45, 7) is 1.94. The van der Waals surface area contributed by atoms with Crippen molar-refractivity contribution in [3.8, 4) is 11.5 Å². The molecule has 0 amide bonds. The van der Waals surface area contributed by atoms with E-state index in [1.54, 1.807) is 6.07 Å². The van der Waals surface area contributed by atoms with E-state index in [9.17, 15) is 0 Å². The van der Waals surface area contributed by atoms with Crippen LogP contribution in [0.25, 0.3) is 22.7 Å². The molecule has 2 heterocycles. The molecule has 2 N–H and O–H groups in total. The predicted molar refractivity (Wildman–Crippen MR) is 71.4 cm³/mol. The molecule has 0 saturated carbocycles. The lowest BCUT2D eigenvalue weighted by Crippen LogP contribution is -1.89. The van der Waals surface area contributed by atoms with Gasteiger partial charge in [0, 0.05) is 17.4 Å². The van der Waals surface area contributed by atoms with Crippen molar-refractivity contribution >= 4 is 28.5 Å². The van der Waals surface area contributed by atoms with Gasteiger partial charge in [0.2, 0.25) is 11.6 Å². The second-order valence-corrected chi connectivity index (χ2v) is 4.50. The SMILES string of the molecule is Cc1cc(-c2nc3cc(Cl)cnc3o2)ccc1N. The van der Waals surface area contributed by atoms with E-state index in [-0.39, 0.29) is 0 Å². The molecule has 3 aromatic rings. The average molecular weight is 260 g/mol. The van der Waals surface area contributed by atoms with Crippen LogP contribution in [0.5, 0.6) is 0 Å². The van der Waals surface area contributed by atoms with Crippen molar-refractivity contribution in [2.75, 3.05) is 5.73 Å². The minimum absolute atomic E-state index is 0.476. The third kappa shape index (κ3) is 1.80. The molecule has 0 unspecified atom stereocenters. The van der Waals surface area contributed by atoms with Gasteiger partial charge in [-0.05, 0) is 36.8 Å². The Balaban J connectivity index is 2.16. The summed E-state index contributed by atoms with van der Waals surface area (Å²) in [4.78, 5) is 8.44. The fourth-order valence-electron chi connectivity index (χ4n) is 1.73. The zero-order valence-electron chi connectivity index (χ0n) is 9.64. The van der Waals surface area contributed by atoms with Gasteiger partial charge >= 0.3 is 0 Å². The fourth-order valence-corrected chi connectivity index (χ4v) is 1.88. The Morgan fingerprint density at radius 2 is 2.11 bits per heavy atom. The molecule has 90 valence electrons. The quantitative estimate of drug-likeness (QED) is 0.680. The smallest absolute Gasteiger partial charge is 0.247 e. The van der Waals surface area contributed by atoms with E-state index in [0.29, 0.717) is 22.1 Å². The van der Waals surface area contributed by atoms with Gasteiger partial charge in [-0.1, -0.05) is 11.6 Å². The van der Waals surface area contributed by atoms with Crippen LogP contribution in [0.2, 0.25) is 5.02 Å². The van der Waals surface area contributed by atoms with Crippen molar-refractivity contribution in [3.05, 3.63) is 41.0 Å². The number of nitrogens with zero attached hydrogens (tertiary/aromatic N) is 2. The minimum Gasteiger partial charge on any atom is -0.418 e. The fraction of sp³-hybridized carbons (Fsp3) is 0.0769. The molecule has 0 atom stereocenters. The van der Waals surface area contributed by atoms with E-state index < -0.39 is 0 Å². The van der Waals surface area contributed by atoms with Gasteiger partial charge in [0.1, 0.15) is 5.52 Å². The first kappa shape index (κ1) is 11.0. The topological polar surface area (TPSA) is 64.9 Å². The summed E-state index contributed by atoms with van der Waals surface area (Å²) in [5, 5.41) is 0.538. The molecule has 0 aliphatic heterocycles. The Morgan fingerprint density at radius 3 is 2.89 bits per heavy atom.